The lowest BCUT2D eigenvalue weighted by atomic mass is 9.99. The van der Waals surface area contributed by atoms with Gasteiger partial charge in [-0.25, -0.2) is 0 Å². The number of aliphatic hydroxyl groups is 1. The molecule has 0 saturated carbocycles. The lowest BCUT2D eigenvalue weighted by molar-refractivity contribution is -0.138. The van der Waals surface area contributed by atoms with Gasteiger partial charge in [-0.05, 0) is 18.2 Å². The van der Waals surface area contributed by atoms with Crippen molar-refractivity contribution in [1.29, 1.82) is 0 Å². The van der Waals surface area contributed by atoms with Gasteiger partial charge in [-0.15, -0.1) is 0 Å². The number of ether oxygens (including phenoxy) is 1. The number of hydrogen-bond acceptors (Lipinski definition) is 4. The minimum atomic E-state index is -1.14. The molecule has 6 heteroatoms. The van der Waals surface area contributed by atoms with Gasteiger partial charge in [0.15, 0.2) is 0 Å². The van der Waals surface area contributed by atoms with E-state index in [9.17, 15) is 9.90 Å². The van der Waals surface area contributed by atoms with Crippen LogP contribution in [0.3, 0.4) is 0 Å². The van der Waals surface area contributed by atoms with Gasteiger partial charge in [0.05, 0.1) is 19.6 Å². The first-order valence-electron chi connectivity index (χ1n) is 4.94. The summed E-state index contributed by atoms with van der Waals surface area (Å²) in [5.41, 5.74) is 5.98. The standard InChI is InChI=1S/C11H14ClNO4/c1-17-9-3-2-6(12)4-7(9)11(16)8(13)5-10(14)15/h2-4,8,11,16H,5,13H2,1H3,(H,14,15). The summed E-state index contributed by atoms with van der Waals surface area (Å²) in [4.78, 5) is 10.5. The highest BCUT2D eigenvalue weighted by molar-refractivity contribution is 6.30. The molecule has 94 valence electrons. The third kappa shape index (κ3) is 3.59. The first kappa shape index (κ1) is 13.8. The van der Waals surface area contributed by atoms with E-state index in [0.29, 0.717) is 16.3 Å². The highest BCUT2D eigenvalue weighted by Gasteiger charge is 2.23. The van der Waals surface area contributed by atoms with E-state index < -0.39 is 18.1 Å². The Bertz CT molecular complexity index is 410. The monoisotopic (exact) mass is 259 g/mol. The Morgan fingerprint density at radius 1 is 1.59 bits per heavy atom. The Balaban J connectivity index is 2.97. The molecule has 0 aliphatic carbocycles. The average Bonchev–Trinajstić information content (AvgIpc) is 2.27. The van der Waals surface area contributed by atoms with Gasteiger partial charge in [-0.3, -0.25) is 4.79 Å². The number of aliphatic hydroxyl groups excluding tert-OH is 1. The Kier molecular flexibility index (Phi) is 4.74. The molecule has 2 unspecified atom stereocenters. The predicted molar refractivity (Wildman–Crippen MR) is 63.2 cm³/mol. The number of rotatable bonds is 5. The highest BCUT2D eigenvalue weighted by atomic mass is 35.5. The molecule has 2 atom stereocenters. The Hall–Kier alpha value is -1.30. The molecule has 5 nitrogen and oxygen atoms in total. The van der Waals surface area contributed by atoms with Crippen molar-refractivity contribution in [3.05, 3.63) is 28.8 Å². The third-order valence-corrected chi connectivity index (χ3v) is 2.56. The molecule has 0 bridgehead atoms. The maximum absolute atomic E-state index is 10.5. The summed E-state index contributed by atoms with van der Waals surface area (Å²) in [6.45, 7) is 0. The maximum Gasteiger partial charge on any atom is 0.305 e. The zero-order valence-corrected chi connectivity index (χ0v) is 10.0. The molecule has 0 aromatic heterocycles. The van der Waals surface area contributed by atoms with Gasteiger partial charge in [-0.2, -0.15) is 0 Å². The zero-order valence-electron chi connectivity index (χ0n) is 9.26. The molecule has 0 heterocycles. The molecular weight excluding hydrogens is 246 g/mol. The second-order valence-corrected chi connectivity index (χ2v) is 4.03. The lowest BCUT2D eigenvalue weighted by Crippen LogP contribution is -2.31. The minimum absolute atomic E-state index is 0.336. The van der Waals surface area contributed by atoms with Gasteiger partial charge in [0.25, 0.3) is 0 Å². The van der Waals surface area contributed by atoms with Gasteiger partial charge in [0.1, 0.15) is 5.75 Å². The fourth-order valence-corrected chi connectivity index (χ4v) is 1.66. The summed E-state index contributed by atoms with van der Waals surface area (Å²) in [6, 6.07) is 3.79. The smallest absolute Gasteiger partial charge is 0.305 e. The third-order valence-electron chi connectivity index (χ3n) is 2.33. The van der Waals surface area contributed by atoms with Gasteiger partial charge in [0.2, 0.25) is 0 Å². The minimum Gasteiger partial charge on any atom is -0.496 e. The Labute approximate surface area is 104 Å². The fraction of sp³-hybridized carbons (Fsp3) is 0.364. The number of halogens is 1. The number of hydrogen-bond donors (Lipinski definition) is 3. The number of nitrogens with two attached hydrogens (primary N) is 1. The number of carboxylic acid groups (broad SMARTS) is 1. The normalized spacial score (nSPS) is 14.1. The van der Waals surface area contributed by atoms with Crippen molar-refractivity contribution >= 4 is 17.6 Å². The molecule has 0 spiro atoms. The lowest BCUT2D eigenvalue weighted by Gasteiger charge is -2.20. The van der Waals surface area contributed by atoms with Crippen LogP contribution in [0.5, 0.6) is 5.75 Å². The molecule has 0 amide bonds. The highest BCUT2D eigenvalue weighted by Crippen LogP contribution is 2.30. The van der Waals surface area contributed by atoms with Crippen molar-refractivity contribution in [2.24, 2.45) is 5.73 Å². The van der Waals surface area contributed by atoms with Crippen molar-refractivity contribution in [1.82, 2.24) is 0 Å². The van der Waals surface area contributed by atoms with E-state index in [1.165, 1.54) is 13.2 Å². The van der Waals surface area contributed by atoms with Crippen LogP contribution in [0.4, 0.5) is 0 Å². The van der Waals surface area contributed by atoms with Crippen molar-refractivity contribution in [2.75, 3.05) is 7.11 Å². The van der Waals surface area contributed by atoms with Crippen LogP contribution >= 0.6 is 11.6 Å². The number of carboxylic acids is 1. The first-order valence-corrected chi connectivity index (χ1v) is 5.32. The SMILES string of the molecule is COc1ccc(Cl)cc1C(O)C(N)CC(=O)O. The summed E-state index contributed by atoms with van der Waals surface area (Å²) in [7, 11) is 1.45. The van der Waals surface area contributed by atoms with Crippen LogP contribution in [-0.2, 0) is 4.79 Å². The van der Waals surface area contributed by atoms with Gasteiger partial charge in [-0.1, -0.05) is 11.6 Å². The number of aliphatic carboxylic acids is 1. The van der Waals surface area contributed by atoms with E-state index in [0.717, 1.165) is 0 Å². The molecule has 0 saturated heterocycles. The van der Waals surface area contributed by atoms with Crippen molar-refractivity contribution in [3.63, 3.8) is 0 Å². The summed E-state index contributed by atoms with van der Waals surface area (Å²) >= 11 is 5.80. The van der Waals surface area contributed by atoms with Crippen molar-refractivity contribution in [3.8, 4) is 5.75 Å². The molecule has 0 radical (unpaired) electrons. The van der Waals surface area contributed by atoms with Crippen LogP contribution in [0.1, 0.15) is 18.1 Å². The molecule has 17 heavy (non-hydrogen) atoms. The van der Waals surface area contributed by atoms with Gasteiger partial charge >= 0.3 is 5.97 Å². The second kappa shape index (κ2) is 5.86. The van der Waals surface area contributed by atoms with E-state index in [1.54, 1.807) is 12.1 Å². The molecule has 1 rings (SSSR count). The predicted octanol–water partition coefficient (Wildman–Crippen LogP) is 1.18. The van der Waals surface area contributed by atoms with Crippen LogP contribution in [0.25, 0.3) is 0 Å². The quantitative estimate of drug-likeness (QED) is 0.738. The molecule has 4 N–H and O–H groups in total. The van der Waals surface area contributed by atoms with E-state index in [1.807, 2.05) is 0 Å². The van der Waals surface area contributed by atoms with Crippen molar-refractivity contribution < 1.29 is 19.7 Å². The number of carbonyl (C=O) groups is 1. The molecule has 0 aliphatic rings. The molecular formula is C11H14ClNO4. The van der Waals surface area contributed by atoms with E-state index in [2.05, 4.69) is 0 Å². The largest absolute Gasteiger partial charge is 0.496 e. The van der Waals surface area contributed by atoms with Crippen LogP contribution in [-0.4, -0.2) is 29.3 Å². The summed E-state index contributed by atoms with van der Waals surface area (Å²) in [5.74, 6) is -0.653. The summed E-state index contributed by atoms with van der Waals surface area (Å²) < 4.78 is 5.05. The van der Waals surface area contributed by atoms with E-state index in [-0.39, 0.29) is 6.42 Å². The van der Waals surface area contributed by atoms with Crippen LogP contribution in [0.2, 0.25) is 5.02 Å². The first-order chi connectivity index (χ1) is 7.95. The Morgan fingerprint density at radius 2 is 2.24 bits per heavy atom. The summed E-state index contributed by atoms with van der Waals surface area (Å²) in [6.07, 6.45) is -1.48. The molecule has 1 aromatic rings. The Morgan fingerprint density at radius 3 is 2.76 bits per heavy atom. The fourth-order valence-electron chi connectivity index (χ4n) is 1.48. The van der Waals surface area contributed by atoms with Crippen LogP contribution < -0.4 is 10.5 Å². The van der Waals surface area contributed by atoms with Crippen molar-refractivity contribution in [2.45, 2.75) is 18.6 Å². The van der Waals surface area contributed by atoms with Crippen LogP contribution in [0.15, 0.2) is 18.2 Å². The van der Waals surface area contributed by atoms with Gasteiger partial charge < -0.3 is 20.7 Å². The molecule has 0 fully saturated rings. The zero-order chi connectivity index (χ0) is 13.0. The van der Waals surface area contributed by atoms with E-state index >= 15 is 0 Å². The topological polar surface area (TPSA) is 92.8 Å². The average molecular weight is 260 g/mol. The number of benzene rings is 1. The molecule has 0 aliphatic heterocycles. The maximum atomic E-state index is 10.5. The number of methoxy groups -OCH3 is 1. The van der Waals surface area contributed by atoms with Crippen LogP contribution in [0, 0.1) is 0 Å². The van der Waals surface area contributed by atoms with Gasteiger partial charge in [0, 0.05) is 16.6 Å². The van der Waals surface area contributed by atoms with E-state index in [4.69, 9.17) is 27.2 Å². The summed E-state index contributed by atoms with van der Waals surface area (Å²) in [5, 5.41) is 19.0. The molecule has 1 aromatic carbocycles. The second-order valence-electron chi connectivity index (χ2n) is 3.59.